The van der Waals surface area contributed by atoms with Crippen LogP contribution in [0.1, 0.15) is 44.5 Å². The molecule has 0 unspecified atom stereocenters. The predicted molar refractivity (Wildman–Crippen MR) is 159 cm³/mol. The molecule has 0 radical (unpaired) electrons. The Morgan fingerprint density at radius 3 is 2.58 bits per heavy atom. The second-order valence-corrected chi connectivity index (χ2v) is 11.0. The smallest absolute Gasteiger partial charge is 0.261 e. The van der Waals surface area contributed by atoms with E-state index in [1.165, 1.54) is 10.9 Å². The number of fused-ring (bicyclic) bond motifs is 3. The quantitative estimate of drug-likeness (QED) is 0.391. The van der Waals surface area contributed by atoms with Crippen LogP contribution < -0.4 is 10.9 Å². The largest absolute Gasteiger partial charge is 0.345 e. The lowest BCUT2D eigenvalue weighted by Gasteiger charge is -2.28. The van der Waals surface area contributed by atoms with Crippen LogP contribution in [0.4, 0.5) is 0 Å². The number of benzene rings is 2. The molecule has 4 heterocycles. The summed E-state index contributed by atoms with van der Waals surface area (Å²) in [4.78, 5) is 65.6. The molecule has 3 amide bonds. The fraction of sp³-hybridized carbons (Fsp3) is 0.387. The first-order valence-corrected chi connectivity index (χ1v) is 14.7. The molecule has 1 saturated heterocycles. The zero-order valence-corrected chi connectivity index (χ0v) is 24.1. The van der Waals surface area contributed by atoms with Crippen LogP contribution in [0, 0.1) is 0 Å². The first-order valence-electron chi connectivity index (χ1n) is 14.7. The first kappa shape index (κ1) is 28.3. The van der Waals surface area contributed by atoms with Crippen LogP contribution in [-0.4, -0.2) is 77.5 Å². The number of amides is 3. The van der Waals surface area contributed by atoms with E-state index in [1.807, 2.05) is 43.3 Å². The molecule has 12 nitrogen and oxygen atoms in total. The van der Waals surface area contributed by atoms with Crippen molar-refractivity contribution in [2.45, 2.75) is 57.8 Å². The number of hydrogen-bond donors (Lipinski definition) is 1. The monoisotopic (exact) mass is 582 g/mol. The van der Waals surface area contributed by atoms with Gasteiger partial charge in [-0.05, 0) is 38.3 Å². The van der Waals surface area contributed by atoms with Crippen LogP contribution in [-0.2, 0) is 27.5 Å². The number of nitrogens with one attached hydrogen (secondary N) is 1. The summed E-state index contributed by atoms with van der Waals surface area (Å²) < 4.78 is 3.06. The molecule has 2 atom stereocenters. The molecule has 2 aliphatic rings. The normalized spacial score (nSPS) is 19.9. The minimum Gasteiger partial charge on any atom is -0.345 e. The second kappa shape index (κ2) is 12.2. The molecule has 12 heteroatoms. The SMILES string of the molecule is C[C@@H]1NC(=O)[C@@H]2CCCN2C(=O)CCCN(C(=O)Cn2cnc3ccccc3c2=O)CCn2nc(-c3ccccc3)nc21. The van der Waals surface area contributed by atoms with Crippen LogP contribution in [0.15, 0.2) is 65.7 Å². The average molecular weight is 583 g/mol. The van der Waals surface area contributed by atoms with E-state index in [4.69, 9.17) is 10.1 Å². The summed E-state index contributed by atoms with van der Waals surface area (Å²) in [5.74, 6) is 0.522. The third kappa shape index (κ3) is 5.90. The van der Waals surface area contributed by atoms with Gasteiger partial charge in [0.25, 0.3) is 5.56 Å². The first-order chi connectivity index (χ1) is 20.9. The fourth-order valence-corrected chi connectivity index (χ4v) is 5.87. The predicted octanol–water partition coefficient (Wildman–Crippen LogP) is 2.15. The van der Waals surface area contributed by atoms with Gasteiger partial charge in [-0.1, -0.05) is 42.5 Å². The average Bonchev–Trinajstić information content (AvgIpc) is 3.69. The van der Waals surface area contributed by atoms with Gasteiger partial charge in [0, 0.05) is 31.6 Å². The number of carbonyl (C=O) groups is 3. The second-order valence-electron chi connectivity index (χ2n) is 11.0. The highest BCUT2D eigenvalue weighted by molar-refractivity contribution is 5.88. The van der Waals surface area contributed by atoms with Gasteiger partial charge in [0.1, 0.15) is 18.4 Å². The van der Waals surface area contributed by atoms with Gasteiger partial charge < -0.3 is 15.1 Å². The van der Waals surface area contributed by atoms with E-state index < -0.39 is 12.1 Å². The van der Waals surface area contributed by atoms with Gasteiger partial charge in [0.05, 0.1) is 29.8 Å². The van der Waals surface area contributed by atoms with Gasteiger partial charge in [-0.2, -0.15) is 5.10 Å². The van der Waals surface area contributed by atoms with E-state index in [0.717, 1.165) is 12.0 Å². The van der Waals surface area contributed by atoms with Gasteiger partial charge in [0.2, 0.25) is 17.7 Å². The molecule has 1 fully saturated rings. The molecule has 0 bridgehead atoms. The Morgan fingerprint density at radius 1 is 0.953 bits per heavy atom. The minimum absolute atomic E-state index is 0.0979. The number of carbonyl (C=O) groups excluding carboxylic acids is 3. The van der Waals surface area contributed by atoms with Gasteiger partial charge >= 0.3 is 0 Å². The van der Waals surface area contributed by atoms with Crippen LogP contribution in [0.3, 0.4) is 0 Å². The number of para-hydroxylation sites is 1. The minimum atomic E-state index is -0.534. The van der Waals surface area contributed by atoms with Crippen molar-refractivity contribution in [3.63, 3.8) is 0 Å². The Morgan fingerprint density at radius 2 is 1.74 bits per heavy atom. The summed E-state index contributed by atoms with van der Waals surface area (Å²) in [5.41, 5.74) is 1.12. The Bertz CT molecular complexity index is 1720. The highest BCUT2D eigenvalue weighted by Gasteiger charge is 2.35. The summed E-state index contributed by atoms with van der Waals surface area (Å²) in [6, 6.07) is 15.6. The third-order valence-electron chi connectivity index (χ3n) is 8.14. The Balaban J connectivity index is 1.31. The topological polar surface area (TPSA) is 135 Å². The van der Waals surface area contributed by atoms with E-state index >= 15 is 0 Å². The van der Waals surface area contributed by atoms with E-state index in [-0.39, 0.29) is 42.8 Å². The molecule has 2 aliphatic heterocycles. The number of hydrogen-bond acceptors (Lipinski definition) is 7. The van der Waals surface area contributed by atoms with Gasteiger partial charge in [0.15, 0.2) is 5.82 Å². The van der Waals surface area contributed by atoms with Gasteiger partial charge in [-0.25, -0.2) is 14.6 Å². The molecule has 2 aromatic heterocycles. The molecule has 0 spiro atoms. The zero-order chi connectivity index (χ0) is 29.9. The number of nitrogens with zero attached hydrogens (tertiary/aromatic N) is 7. The highest BCUT2D eigenvalue weighted by Crippen LogP contribution is 2.23. The fourth-order valence-electron chi connectivity index (χ4n) is 5.87. The third-order valence-corrected chi connectivity index (χ3v) is 8.14. The van der Waals surface area contributed by atoms with Crippen molar-refractivity contribution >= 4 is 28.6 Å². The van der Waals surface area contributed by atoms with Crippen molar-refractivity contribution in [2.24, 2.45) is 0 Å². The van der Waals surface area contributed by atoms with Crippen LogP contribution in [0.5, 0.6) is 0 Å². The lowest BCUT2D eigenvalue weighted by molar-refractivity contribution is -0.139. The van der Waals surface area contributed by atoms with E-state index in [0.29, 0.717) is 55.0 Å². The maximum absolute atomic E-state index is 13.6. The van der Waals surface area contributed by atoms with Crippen LogP contribution in [0.2, 0.25) is 0 Å². The Kier molecular flexibility index (Phi) is 7.99. The molecule has 2 aromatic carbocycles. The highest BCUT2D eigenvalue weighted by atomic mass is 16.2. The van der Waals surface area contributed by atoms with Crippen molar-refractivity contribution in [3.05, 3.63) is 77.1 Å². The molecule has 1 N–H and O–H groups in total. The molecule has 4 aromatic rings. The maximum atomic E-state index is 13.6. The van der Waals surface area contributed by atoms with Crippen molar-refractivity contribution in [3.8, 4) is 11.4 Å². The lowest BCUT2D eigenvalue weighted by atomic mass is 10.1. The molecule has 0 aliphatic carbocycles. The Labute approximate surface area is 248 Å². The number of aromatic nitrogens is 5. The van der Waals surface area contributed by atoms with Crippen molar-refractivity contribution in [1.29, 1.82) is 0 Å². The van der Waals surface area contributed by atoms with Crippen LogP contribution >= 0.6 is 0 Å². The molecule has 222 valence electrons. The van der Waals surface area contributed by atoms with E-state index in [9.17, 15) is 19.2 Å². The summed E-state index contributed by atoms with van der Waals surface area (Å²) in [5, 5.41) is 8.26. The van der Waals surface area contributed by atoms with Crippen molar-refractivity contribution in [2.75, 3.05) is 19.6 Å². The zero-order valence-electron chi connectivity index (χ0n) is 24.1. The molecule has 0 saturated carbocycles. The van der Waals surface area contributed by atoms with Gasteiger partial charge in [-0.15, -0.1) is 0 Å². The van der Waals surface area contributed by atoms with Crippen molar-refractivity contribution < 1.29 is 14.4 Å². The molecule has 6 rings (SSSR count). The van der Waals surface area contributed by atoms with Gasteiger partial charge in [-0.3, -0.25) is 23.7 Å². The standard InChI is InChI=1S/C31H34N8O4/c1-21-29-34-28(22-9-3-2-4-10-22)35-39(29)18-17-36(15-8-14-26(40)38-16-7-13-25(38)30(42)33-21)27(41)19-37-20-32-24-12-6-5-11-23(24)31(37)43/h2-6,9-12,20-21,25H,7-8,13-19H2,1H3,(H,33,42)/t21-,25-/m0/s1. The maximum Gasteiger partial charge on any atom is 0.261 e. The van der Waals surface area contributed by atoms with E-state index in [2.05, 4.69) is 10.3 Å². The molecular formula is C31H34N8O4. The van der Waals surface area contributed by atoms with Crippen LogP contribution in [0.25, 0.3) is 22.3 Å². The van der Waals surface area contributed by atoms with E-state index in [1.54, 1.807) is 32.7 Å². The lowest BCUT2D eigenvalue weighted by Crippen LogP contribution is -2.47. The summed E-state index contributed by atoms with van der Waals surface area (Å²) >= 11 is 0. The summed E-state index contributed by atoms with van der Waals surface area (Å²) in [6.07, 6.45) is 3.40. The Hall–Kier alpha value is -4.87. The number of rotatable bonds is 3. The van der Waals surface area contributed by atoms with Crippen molar-refractivity contribution in [1.82, 2.24) is 39.4 Å². The summed E-state index contributed by atoms with van der Waals surface area (Å²) in [7, 11) is 0. The molecular weight excluding hydrogens is 548 g/mol. The molecule has 43 heavy (non-hydrogen) atoms. The summed E-state index contributed by atoms with van der Waals surface area (Å²) in [6.45, 7) is 3.11.